The van der Waals surface area contributed by atoms with Crippen LogP contribution in [0.15, 0.2) is 22.7 Å². The number of halogens is 1. The van der Waals surface area contributed by atoms with Crippen LogP contribution in [0.2, 0.25) is 0 Å². The van der Waals surface area contributed by atoms with E-state index in [9.17, 15) is 0 Å². The first-order chi connectivity index (χ1) is 7.69. The lowest BCUT2D eigenvalue weighted by atomic mass is 10.3. The Morgan fingerprint density at radius 2 is 2.31 bits per heavy atom. The van der Waals surface area contributed by atoms with Crippen molar-refractivity contribution in [2.45, 2.75) is 13.3 Å². The molecule has 2 aromatic rings. The molecule has 0 radical (unpaired) electrons. The van der Waals surface area contributed by atoms with Gasteiger partial charge in [0, 0.05) is 29.7 Å². The molecule has 0 saturated heterocycles. The van der Waals surface area contributed by atoms with Crippen LogP contribution < -0.4 is 10.5 Å². The third kappa shape index (κ3) is 2.51. The van der Waals surface area contributed by atoms with Gasteiger partial charge in [-0.25, -0.2) is 0 Å². The first-order valence-corrected chi connectivity index (χ1v) is 6.31. The number of ether oxygens (including phenoxy) is 1. The van der Waals surface area contributed by atoms with Crippen molar-refractivity contribution in [2.75, 3.05) is 5.73 Å². The topological polar surface area (TPSA) is 61.0 Å². The Balaban J connectivity index is 2.22. The molecule has 6 heteroatoms. The minimum Gasteiger partial charge on any atom is -0.429 e. The maximum atomic E-state index is 5.68. The first-order valence-electron chi connectivity index (χ1n) is 4.74. The van der Waals surface area contributed by atoms with Gasteiger partial charge in [-0.2, -0.15) is 9.36 Å². The minimum atomic E-state index is 0.531. The SMILES string of the molecule is CCc1nsc(Oc2cc(N)ccc2Br)n1. The number of hydrogen-bond donors (Lipinski definition) is 1. The molecule has 0 atom stereocenters. The normalized spacial score (nSPS) is 10.4. The van der Waals surface area contributed by atoms with E-state index in [-0.39, 0.29) is 0 Å². The van der Waals surface area contributed by atoms with Crippen molar-refractivity contribution >= 4 is 33.1 Å². The maximum Gasteiger partial charge on any atom is 0.298 e. The molecule has 0 spiro atoms. The van der Waals surface area contributed by atoms with Crippen molar-refractivity contribution in [3.8, 4) is 10.9 Å². The average molecular weight is 300 g/mol. The zero-order chi connectivity index (χ0) is 11.5. The number of aromatic nitrogens is 2. The van der Waals surface area contributed by atoms with Gasteiger partial charge in [0.25, 0.3) is 5.19 Å². The Morgan fingerprint density at radius 3 is 3.00 bits per heavy atom. The molecule has 0 aliphatic heterocycles. The van der Waals surface area contributed by atoms with Crippen LogP contribution in [0.1, 0.15) is 12.7 Å². The number of nitrogens with zero attached hydrogens (tertiary/aromatic N) is 2. The highest BCUT2D eigenvalue weighted by Crippen LogP contribution is 2.32. The Bertz CT molecular complexity index is 501. The fraction of sp³-hybridized carbons (Fsp3) is 0.200. The highest BCUT2D eigenvalue weighted by Gasteiger charge is 2.07. The Kier molecular flexibility index (Phi) is 3.40. The summed E-state index contributed by atoms with van der Waals surface area (Å²) in [7, 11) is 0. The lowest BCUT2D eigenvalue weighted by Gasteiger charge is -2.04. The van der Waals surface area contributed by atoms with Gasteiger partial charge in [0.15, 0.2) is 0 Å². The molecule has 16 heavy (non-hydrogen) atoms. The molecule has 1 aromatic heterocycles. The van der Waals surface area contributed by atoms with Gasteiger partial charge in [0.2, 0.25) is 0 Å². The van der Waals surface area contributed by atoms with Gasteiger partial charge >= 0.3 is 0 Å². The Labute approximate surface area is 106 Å². The summed E-state index contributed by atoms with van der Waals surface area (Å²) < 4.78 is 10.6. The van der Waals surface area contributed by atoms with Crippen LogP contribution in [0.25, 0.3) is 0 Å². The van der Waals surface area contributed by atoms with Crippen molar-refractivity contribution in [3.05, 3.63) is 28.5 Å². The van der Waals surface area contributed by atoms with E-state index in [0.29, 0.717) is 16.6 Å². The number of nitrogen functional groups attached to an aromatic ring is 1. The second-order valence-electron chi connectivity index (χ2n) is 3.12. The van der Waals surface area contributed by atoms with E-state index in [2.05, 4.69) is 25.3 Å². The number of nitrogens with two attached hydrogens (primary N) is 1. The van der Waals surface area contributed by atoms with Gasteiger partial charge in [0.05, 0.1) is 4.47 Å². The molecule has 0 saturated carbocycles. The zero-order valence-corrected chi connectivity index (χ0v) is 11.0. The quantitative estimate of drug-likeness (QED) is 0.884. The molecule has 0 aliphatic carbocycles. The molecule has 84 valence electrons. The largest absolute Gasteiger partial charge is 0.429 e. The third-order valence-electron chi connectivity index (χ3n) is 1.92. The van der Waals surface area contributed by atoms with Crippen molar-refractivity contribution in [3.63, 3.8) is 0 Å². The van der Waals surface area contributed by atoms with E-state index in [1.807, 2.05) is 13.0 Å². The van der Waals surface area contributed by atoms with E-state index in [1.165, 1.54) is 11.5 Å². The molecule has 0 fully saturated rings. The summed E-state index contributed by atoms with van der Waals surface area (Å²) in [5.74, 6) is 1.44. The monoisotopic (exact) mass is 299 g/mol. The molecular formula is C10H10BrN3OS. The number of hydrogen-bond acceptors (Lipinski definition) is 5. The summed E-state index contributed by atoms with van der Waals surface area (Å²) in [5.41, 5.74) is 6.33. The van der Waals surface area contributed by atoms with Crippen LogP contribution in [0.3, 0.4) is 0 Å². The minimum absolute atomic E-state index is 0.531. The maximum absolute atomic E-state index is 5.68. The second-order valence-corrected chi connectivity index (χ2v) is 4.69. The Morgan fingerprint density at radius 1 is 1.50 bits per heavy atom. The third-order valence-corrected chi connectivity index (χ3v) is 3.21. The van der Waals surface area contributed by atoms with Crippen molar-refractivity contribution in [1.82, 2.24) is 9.36 Å². The van der Waals surface area contributed by atoms with Crippen LogP contribution in [-0.2, 0) is 6.42 Å². The molecule has 0 unspecified atom stereocenters. The van der Waals surface area contributed by atoms with Crippen LogP contribution in [0.5, 0.6) is 10.9 Å². The van der Waals surface area contributed by atoms with Crippen molar-refractivity contribution < 1.29 is 4.74 Å². The summed E-state index contributed by atoms with van der Waals surface area (Å²) in [4.78, 5) is 4.22. The predicted molar refractivity (Wildman–Crippen MR) is 67.9 cm³/mol. The fourth-order valence-electron chi connectivity index (χ4n) is 1.12. The smallest absolute Gasteiger partial charge is 0.298 e. The number of benzene rings is 1. The van der Waals surface area contributed by atoms with Crippen molar-refractivity contribution in [1.29, 1.82) is 0 Å². The van der Waals surface area contributed by atoms with Gasteiger partial charge < -0.3 is 10.5 Å². The highest BCUT2D eigenvalue weighted by molar-refractivity contribution is 9.10. The molecule has 2 N–H and O–H groups in total. The van der Waals surface area contributed by atoms with E-state index >= 15 is 0 Å². The van der Waals surface area contributed by atoms with Gasteiger partial charge in [-0.3, -0.25) is 0 Å². The van der Waals surface area contributed by atoms with Crippen LogP contribution in [0, 0.1) is 0 Å². The van der Waals surface area contributed by atoms with Crippen LogP contribution in [-0.4, -0.2) is 9.36 Å². The molecular weight excluding hydrogens is 290 g/mol. The Hall–Kier alpha value is -1.14. The van der Waals surface area contributed by atoms with Gasteiger partial charge in [0.1, 0.15) is 11.6 Å². The van der Waals surface area contributed by atoms with Crippen LogP contribution >= 0.6 is 27.5 Å². The summed E-state index contributed by atoms with van der Waals surface area (Å²) >= 11 is 4.63. The standard InChI is InChI=1S/C10H10BrN3OS/c1-2-9-13-10(16-14-9)15-8-5-6(12)3-4-7(8)11/h3-5H,2,12H2,1H3. The fourth-order valence-corrected chi connectivity index (χ4v) is 2.07. The highest BCUT2D eigenvalue weighted by atomic mass is 79.9. The predicted octanol–water partition coefficient (Wildman–Crippen LogP) is 3.24. The lowest BCUT2D eigenvalue weighted by molar-refractivity contribution is 0.474. The average Bonchev–Trinajstić information content (AvgIpc) is 2.71. The summed E-state index contributed by atoms with van der Waals surface area (Å²) in [6, 6.07) is 5.39. The summed E-state index contributed by atoms with van der Waals surface area (Å²) in [6.45, 7) is 2.00. The van der Waals surface area contributed by atoms with Gasteiger partial charge in [-0.1, -0.05) is 6.92 Å². The molecule has 4 nitrogen and oxygen atoms in total. The molecule has 1 aromatic carbocycles. The molecule has 0 bridgehead atoms. The van der Waals surface area contributed by atoms with Crippen LogP contribution in [0.4, 0.5) is 5.69 Å². The van der Waals surface area contributed by atoms with E-state index in [4.69, 9.17) is 10.5 Å². The summed E-state index contributed by atoms with van der Waals surface area (Å²) in [6.07, 6.45) is 0.804. The van der Waals surface area contributed by atoms with Crippen molar-refractivity contribution in [2.24, 2.45) is 0 Å². The molecule has 1 heterocycles. The lowest BCUT2D eigenvalue weighted by Crippen LogP contribution is -1.89. The molecule has 0 amide bonds. The number of rotatable bonds is 3. The second kappa shape index (κ2) is 4.80. The summed E-state index contributed by atoms with van der Waals surface area (Å²) in [5, 5.41) is 0.531. The molecule has 0 aliphatic rings. The van der Waals surface area contributed by atoms with E-state index in [0.717, 1.165) is 16.7 Å². The molecule has 2 rings (SSSR count). The number of aryl methyl sites for hydroxylation is 1. The van der Waals surface area contributed by atoms with E-state index in [1.54, 1.807) is 12.1 Å². The van der Waals surface area contributed by atoms with Gasteiger partial charge in [-0.15, -0.1) is 0 Å². The first kappa shape index (κ1) is 11.3. The van der Waals surface area contributed by atoms with Gasteiger partial charge in [-0.05, 0) is 28.1 Å². The van der Waals surface area contributed by atoms with E-state index < -0.39 is 0 Å². The number of anilines is 1. The zero-order valence-electron chi connectivity index (χ0n) is 8.61.